The molecule has 1 aromatic heterocycles. The zero-order valence-corrected chi connectivity index (χ0v) is 12.9. The predicted molar refractivity (Wildman–Crippen MR) is 82.4 cm³/mol. The number of hydrogen-bond donors (Lipinski definition) is 1. The van der Waals surface area contributed by atoms with Crippen LogP contribution in [0.15, 0.2) is 36.4 Å². The van der Waals surface area contributed by atoms with Crippen molar-refractivity contribution >= 4 is 11.3 Å². The SMILES string of the molecule is CC(C)(C)c1ccc(C2C[C@H](O)c3ccccc3O2)s1. The second-order valence-corrected chi connectivity index (χ2v) is 7.46. The Bertz CT molecular complexity index is 609. The van der Waals surface area contributed by atoms with Gasteiger partial charge in [0.05, 0.1) is 6.10 Å². The maximum Gasteiger partial charge on any atom is 0.136 e. The molecule has 0 radical (unpaired) electrons. The summed E-state index contributed by atoms with van der Waals surface area (Å²) in [5, 5.41) is 10.3. The first-order valence-electron chi connectivity index (χ1n) is 6.99. The molecule has 3 rings (SSSR count). The number of aliphatic hydroxyl groups excluding tert-OH is 1. The molecule has 2 aromatic rings. The van der Waals surface area contributed by atoms with Crippen LogP contribution in [0.3, 0.4) is 0 Å². The van der Waals surface area contributed by atoms with Crippen LogP contribution in [0.1, 0.15) is 54.7 Å². The zero-order chi connectivity index (χ0) is 14.3. The minimum absolute atomic E-state index is 0.0407. The average Bonchev–Trinajstić information content (AvgIpc) is 2.88. The standard InChI is InChI=1S/C17H20O2S/c1-17(2,3)16-9-8-15(20-16)14-10-12(18)11-6-4-5-7-13(11)19-14/h4-9,12,14,18H,10H2,1-3H3/t12-,14?/m0/s1. The number of benzene rings is 1. The van der Waals surface area contributed by atoms with E-state index in [-0.39, 0.29) is 11.5 Å². The lowest BCUT2D eigenvalue weighted by atomic mass is 9.95. The molecule has 0 spiro atoms. The quantitative estimate of drug-likeness (QED) is 0.830. The number of para-hydroxylation sites is 1. The Morgan fingerprint density at radius 2 is 1.90 bits per heavy atom. The van der Waals surface area contributed by atoms with Crippen molar-refractivity contribution in [3.8, 4) is 5.75 Å². The Labute approximate surface area is 124 Å². The second kappa shape index (κ2) is 4.90. The van der Waals surface area contributed by atoms with E-state index in [1.807, 2.05) is 24.3 Å². The minimum Gasteiger partial charge on any atom is -0.484 e. The van der Waals surface area contributed by atoms with Crippen molar-refractivity contribution in [3.05, 3.63) is 51.7 Å². The van der Waals surface area contributed by atoms with Gasteiger partial charge >= 0.3 is 0 Å². The first-order chi connectivity index (χ1) is 9.45. The van der Waals surface area contributed by atoms with E-state index in [4.69, 9.17) is 4.74 Å². The van der Waals surface area contributed by atoms with Crippen LogP contribution in [0, 0.1) is 0 Å². The van der Waals surface area contributed by atoms with Crippen LogP contribution < -0.4 is 4.74 Å². The van der Waals surface area contributed by atoms with Crippen molar-refractivity contribution < 1.29 is 9.84 Å². The van der Waals surface area contributed by atoms with Crippen LogP contribution in [0.25, 0.3) is 0 Å². The molecule has 20 heavy (non-hydrogen) atoms. The van der Waals surface area contributed by atoms with Crippen LogP contribution in [0.5, 0.6) is 5.75 Å². The first-order valence-corrected chi connectivity index (χ1v) is 7.80. The van der Waals surface area contributed by atoms with E-state index in [2.05, 4.69) is 32.9 Å². The largest absolute Gasteiger partial charge is 0.484 e. The van der Waals surface area contributed by atoms with Crippen molar-refractivity contribution in [2.24, 2.45) is 0 Å². The third-order valence-electron chi connectivity index (χ3n) is 3.67. The molecule has 0 bridgehead atoms. The van der Waals surface area contributed by atoms with E-state index in [0.717, 1.165) is 11.3 Å². The highest BCUT2D eigenvalue weighted by Gasteiger charge is 2.29. The summed E-state index contributed by atoms with van der Waals surface area (Å²) >= 11 is 1.79. The van der Waals surface area contributed by atoms with Gasteiger partial charge in [-0.25, -0.2) is 0 Å². The Kier molecular flexibility index (Phi) is 3.35. The number of aliphatic hydroxyl groups is 1. The Morgan fingerprint density at radius 3 is 2.60 bits per heavy atom. The molecule has 0 fully saturated rings. The maximum atomic E-state index is 10.3. The third kappa shape index (κ3) is 2.48. The van der Waals surface area contributed by atoms with E-state index in [0.29, 0.717) is 6.42 Å². The zero-order valence-electron chi connectivity index (χ0n) is 12.1. The van der Waals surface area contributed by atoms with Crippen LogP contribution in [0.4, 0.5) is 0 Å². The van der Waals surface area contributed by atoms with Gasteiger partial charge in [0.2, 0.25) is 0 Å². The first kappa shape index (κ1) is 13.7. The van der Waals surface area contributed by atoms with Gasteiger partial charge in [-0.05, 0) is 23.6 Å². The van der Waals surface area contributed by atoms with Gasteiger partial charge in [0.1, 0.15) is 11.9 Å². The fourth-order valence-corrected chi connectivity index (χ4v) is 3.61. The number of thiophene rings is 1. The van der Waals surface area contributed by atoms with Crippen molar-refractivity contribution in [1.29, 1.82) is 0 Å². The summed E-state index contributed by atoms with van der Waals surface area (Å²) < 4.78 is 6.06. The van der Waals surface area contributed by atoms with Crippen LogP contribution in [0.2, 0.25) is 0 Å². The van der Waals surface area contributed by atoms with Gasteiger partial charge in [-0.2, -0.15) is 0 Å². The van der Waals surface area contributed by atoms with Gasteiger partial charge in [0.15, 0.2) is 0 Å². The van der Waals surface area contributed by atoms with Gasteiger partial charge < -0.3 is 9.84 Å². The molecule has 3 heteroatoms. The molecule has 0 saturated carbocycles. The van der Waals surface area contributed by atoms with Crippen molar-refractivity contribution in [3.63, 3.8) is 0 Å². The van der Waals surface area contributed by atoms with Crippen molar-refractivity contribution in [2.45, 2.75) is 44.8 Å². The highest BCUT2D eigenvalue weighted by atomic mass is 32.1. The smallest absolute Gasteiger partial charge is 0.136 e. The molecular formula is C17H20O2S. The summed E-state index contributed by atoms with van der Waals surface area (Å²) in [5.41, 5.74) is 1.06. The fourth-order valence-electron chi connectivity index (χ4n) is 2.50. The Balaban J connectivity index is 1.88. The fraction of sp³-hybridized carbons (Fsp3) is 0.412. The molecule has 1 N–H and O–H groups in total. The number of hydrogen-bond acceptors (Lipinski definition) is 3. The normalized spacial score (nSPS) is 22.2. The third-order valence-corrected chi connectivity index (χ3v) is 5.27. The molecule has 2 heterocycles. The lowest BCUT2D eigenvalue weighted by Gasteiger charge is -2.29. The number of ether oxygens (including phenoxy) is 1. The molecule has 0 aliphatic carbocycles. The monoisotopic (exact) mass is 288 g/mol. The average molecular weight is 288 g/mol. The minimum atomic E-state index is -0.440. The Hall–Kier alpha value is -1.32. The summed E-state index contributed by atoms with van der Waals surface area (Å²) in [6, 6.07) is 12.1. The van der Waals surface area contributed by atoms with E-state index in [1.165, 1.54) is 9.75 Å². The second-order valence-electron chi connectivity index (χ2n) is 6.35. The number of fused-ring (bicyclic) bond motifs is 1. The molecule has 1 aliphatic heterocycles. The Morgan fingerprint density at radius 1 is 1.15 bits per heavy atom. The molecule has 2 nitrogen and oxygen atoms in total. The topological polar surface area (TPSA) is 29.5 Å². The summed E-state index contributed by atoms with van der Waals surface area (Å²) in [4.78, 5) is 2.55. The summed E-state index contributed by atoms with van der Waals surface area (Å²) in [6.45, 7) is 6.65. The molecular weight excluding hydrogens is 268 g/mol. The summed E-state index contributed by atoms with van der Waals surface area (Å²) in [6.07, 6.45) is 0.146. The van der Waals surface area contributed by atoms with E-state index < -0.39 is 6.10 Å². The maximum absolute atomic E-state index is 10.3. The van der Waals surface area contributed by atoms with Crippen LogP contribution >= 0.6 is 11.3 Å². The molecule has 0 amide bonds. The van der Waals surface area contributed by atoms with Crippen molar-refractivity contribution in [2.75, 3.05) is 0 Å². The molecule has 1 unspecified atom stereocenters. The van der Waals surface area contributed by atoms with Gasteiger partial charge in [-0.15, -0.1) is 11.3 Å². The highest BCUT2D eigenvalue weighted by Crippen LogP contribution is 2.43. The lowest BCUT2D eigenvalue weighted by Crippen LogP contribution is -2.18. The molecule has 1 aliphatic rings. The van der Waals surface area contributed by atoms with Gasteiger partial charge in [-0.1, -0.05) is 39.0 Å². The molecule has 0 saturated heterocycles. The molecule has 2 atom stereocenters. The van der Waals surface area contributed by atoms with Crippen LogP contribution in [-0.4, -0.2) is 5.11 Å². The molecule has 1 aromatic carbocycles. The summed E-state index contributed by atoms with van der Waals surface area (Å²) in [5.74, 6) is 0.807. The highest BCUT2D eigenvalue weighted by molar-refractivity contribution is 7.12. The molecule has 106 valence electrons. The van der Waals surface area contributed by atoms with Crippen molar-refractivity contribution in [1.82, 2.24) is 0 Å². The summed E-state index contributed by atoms with van der Waals surface area (Å²) in [7, 11) is 0. The van der Waals surface area contributed by atoms with Gasteiger partial charge in [0, 0.05) is 21.7 Å². The predicted octanol–water partition coefficient (Wildman–Crippen LogP) is 4.60. The van der Waals surface area contributed by atoms with E-state index >= 15 is 0 Å². The lowest BCUT2D eigenvalue weighted by molar-refractivity contribution is 0.0674. The van der Waals surface area contributed by atoms with Crippen LogP contribution in [-0.2, 0) is 5.41 Å². The van der Waals surface area contributed by atoms with E-state index in [9.17, 15) is 5.11 Å². The van der Waals surface area contributed by atoms with Gasteiger partial charge in [-0.3, -0.25) is 0 Å². The number of rotatable bonds is 1. The van der Waals surface area contributed by atoms with E-state index in [1.54, 1.807) is 11.3 Å². The van der Waals surface area contributed by atoms with Gasteiger partial charge in [0.25, 0.3) is 0 Å².